The van der Waals surface area contributed by atoms with Crippen LogP contribution in [0.1, 0.15) is 32.8 Å². The number of carbonyl (C=O) groups is 1. The Kier molecular flexibility index (Phi) is 4.79. The van der Waals surface area contributed by atoms with Crippen LogP contribution in [0.15, 0.2) is 18.2 Å². The van der Waals surface area contributed by atoms with Gasteiger partial charge in [0.05, 0.1) is 0 Å². The first-order valence-electron chi connectivity index (χ1n) is 7.22. The molecule has 0 aromatic heterocycles. The van der Waals surface area contributed by atoms with Crippen molar-refractivity contribution in [2.24, 2.45) is 0 Å². The standard InChI is InChI=1S/C16H23ClN2O2/c1-16(2,3)18-10-11-12(17)6-5-7-13(11)21-14-8-9-19(4)15(14)20/h5-7,14,18H,8-10H2,1-4H3. The average molecular weight is 311 g/mol. The number of likely N-dealkylation sites (tertiary alicyclic amines) is 1. The predicted molar refractivity (Wildman–Crippen MR) is 84.7 cm³/mol. The van der Waals surface area contributed by atoms with Crippen LogP contribution in [0.2, 0.25) is 5.02 Å². The molecule has 116 valence electrons. The van der Waals surface area contributed by atoms with E-state index in [0.717, 1.165) is 12.1 Å². The number of rotatable bonds is 4. The van der Waals surface area contributed by atoms with Crippen molar-refractivity contribution >= 4 is 17.5 Å². The topological polar surface area (TPSA) is 41.6 Å². The molecule has 5 heteroatoms. The number of benzene rings is 1. The van der Waals surface area contributed by atoms with E-state index in [-0.39, 0.29) is 11.4 Å². The van der Waals surface area contributed by atoms with Gasteiger partial charge < -0.3 is 15.0 Å². The molecule has 0 spiro atoms. The van der Waals surface area contributed by atoms with Crippen molar-refractivity contribution in [3.8, 4) is 5.75 Å². The maximum Gasteiger partial charge on any atom is 0.263 e. The van der Waals surface area contributed by atoms with Gasteiger partial charge in [-0.15, -0.1) is 0 Å². The summed E-state index contributed by atoms with van der Waals surface area (Å²) in [6.45, 7) is 7.63. The fourth-order valence-corrected chi connectivity index (χ4v) is 2.46. The summed E-state index contributed by atoms with van der Waals surface area (Å²) in [7, 11) is 1.80. The summed E-state index contributed by atoms with van der Waals surface area (Å²) in [6, 6.07) is 5.56. The van der Waals surface area contributed by atoms with E-state index in [0.29, 0.717) is 23.7 Å². The van der Waals surface area contributed by atoms with Crippen molar-refractivity contribution in [2.45, 2.75) is 45.4 Å². The molecule has 21 heavy (non-hydrogen) atoms. The zero-order valence-corrected chi connectivity index (χ0v) is 13.8. The third-order valence-electron chi connectivity index (χ3n) is 3.52. The highest BCUT2D eigenvalue weighted by molar-refractivity contribution is 6.31. The van der Waals surface area contributed by atoms with Gasteiger partial charge in [0.2, 0.25) is 0 Å². The van der Waals surface area contributed by atoms with E-state index >= 15 is 0 Å². The van der Waals surface area contributed by atoms with Crippen LogP contribution in [0.4, 0.5) is 0 Å². The van der Waals surface area contributed by atoms with Crippen LogP contribution in [0, 0.1) is 0 Å². The van der Waals surface area contributed by atoms with Crippen molar-refractivity contribution in [3.05, 3.63) is 28.8 Å². The van der Waals surface area contributed by atoms with Gasteiger partial charge in [0.25, 0.3) is 5.91 Å². The van der Waals surface area contributed by atoms with E-state index in [1.54, 1.807) is 11.9 Å². The average Bonchev–Trinajstić information content (AvgIpc) is 2.69. The Balaban J connectivity index is 2.15. The second-order valence-electron chi connectivity index (χ2n) is 6.48. The molecule has 0 radical (unpaired) electrons. The van der Waals surface area contributed by atoms with Gasteiger partial charge >= 0.3 is 0 Å². The summed E-state index contributed by atoms with van der Waals surface area (Å²) < 4.78 is 5.92. The molecule has 1 aliphatic heterocycles. The van der Waals surface area contributed by atoms with Crippen LogP contribution in [0.5, 0.6) is 5.75 Å². The number of nitrogens with zero attached hydrogens (tertiary/aromatic N) is 1. The maximum atomic E-state index is 12.0. The Labute approximate surface area is 131 Å². The number of nitrogens with one attached hydrogen (secondary N) is 1. The van der Waals surface area contributed by atoms with Gasteiger partial charge in [-0.05, 0) is 32.9 Å². The molecule has 1 unspecified atom stereocenters. The minimum absolute atomic E-state index is 0.0141. The van der Waals surface area contributed by atoms with Crippen LogP contribution < -0.4 is 10.1 Å². The molecule has 1 aromatic rings. The number of halogens is 1. The molecule has 1 aromatic carbocycles. The molecule has 4 nitrogen and oxygen atoms in total. The molecule has 1 atom stereocenters. The quantitative estimate of drug-likeness (QED) is 0.930. The minimum Gasteiger partial charge on any atom is -0.480 e. The van der Waals surface area contributed by atoms with Gasteiger partial charge in [-0.25, -0.2) is 0 Å². The van der Waals surface area contributed by atoms with Crippen LogP contribution in [0.25, 0.3) is 0 Å². The largest absolute Gasteiger partial charge is 0.480 e. The molecule has 0 aliphatic carbocycles. The predicted octanol–water partition coefficient (Wildman–Crippen LogP) is 2.84. The summed E-state index contributed by atoms with van der Waals surface area (Å²) >= 11 is 6.29. The molecule has 0 bridgehead atoms. The monoisotopic (exact) mass is 310 g/mol. The summed E-state index contributed by atoms with van der Waals surface area (Å²) in [5, 5.41) is 4.06. The number of amides is 1. The lowest BCUT2D eigenvalue weighted by Crippen LogP contribution is -2.35. The Morgan fingerprint density at radius 2 is 2.14 bits per heavy atom. The number of likely N-dealkylation sites (N-methyl/N-ethyl adjacent to an activating group) is 1. The van der Waals surface area contributed by atoms with Crippen LogP contribution in [-0.4, -0.2) is 36.0 Å². The second kappa shape index (κ2) is 6.24. The van der Waals surface area contributed by atoms with E-state index in [9.17, 15) is 4.79 Å². The fraction of sp³-hybridized carbons (Fsp3) is 0.562. The lowest BCUT2D eigenvalue weighted by atomic mass is 10.1. The van der Waals surface area contributed by atoms with Gasteiger partial charge in [-0.1, -0.05) is 17.7 Å². The van der Waals surface area contributed by atoms with Crippen molar-refractivity contribution in [1.29, 1.82) is 0 Å². The van der Waals surface area contributed by atoms with E-state index in [4.69, 9.17) is 16.3 Å². The molecular weight excluding hydrogens is 288 g/mol. The van der Waals surface area contributed by atoms with Gasteiger partial charge in [-0.2, -0.15) is 0 Å². The maximum absolute atomic E-state index is 12.0. The Morgan fingerprint density at radius 3 is 2.71 bits per heavy atom. The van der Waals surface area contributed by atoms with E-state index in [1.807, 2.05) is 18.2 Å². The zero-order valence-electron chi connectivity index (χ0n) is 13.1. The lowest BCUT2D eigenvalue weighted by molar-refractivity contribution is -0.132. The van der Waals surface area contributed by atoms with Gasteiger partial charge in [0.15, 0.2) is 6.10 Å². The molecule has 1 heterocycles. The van der Waals surface area contributed by atoms with Crippen molar-refractivity contribution in [1.82, 2.24) is 10.2 Å². The normalized spacial score (nSPS) is 19.2. The number of ether oxygens (including phenoxy) is 1. The molecule has 1 amide bonds. The first-order chi connectivity index (χ1) is 9.78. The van der Waals surface area contributed by atoms with Crippen LogP contribution >= 0.6 is 11.6 Å². The summed E-state index contributed by atoms with van der Waals surface area (Å²) in [4.78, 5) is 13.7. The second-order valence-corrected chi connectivity index (χ2v) is 6.88. The Morgan fingerprint density at radius 1 is 1.43 bits per heavy atom. The van der Waals surface area contributed by atoms with E-state index in [2.05, 4.69) is 26.1 Å². The summed E-state index contributed by atoms with van der Waals surface area (Å²) in [5.41, 5.74) is 0.885. The Bertz CT molecular complexity index is 525. The SMILES string of the molecule is CN1CCC(Oc2cccc(Cl)c2CNC(C)(C)C)C1=O. The molecule has 2 rings (SSSR count). The molecule has 1 saturated heterocycles. The van der Waals surface area contributed by atoms with Crippen molar-refractivity contribution < 1.29 is 9.53 Å². The third kappa shape index (κ3) is 4.11. The van der Waals surface area contributed by atoms with E-state index < -0.39 is 6.10 Å². The highest BCUT2D eigenvalue weighted by atomic mass is 35.5. The molecular formula is C16H23ClN2O2. The number of hydrogen-bond acceptors (Lipinski definition) is 3. The van der Waals surface area contributed by atoms with Crippen LogP contribution in [0.3, 0.4) is 0 Å². The summed E-state index contributed by atoms with van der Waals surface area (Å²) in [5.74, 6) is 0.720. The van der Waals surface area contributed by atoms with Gasteiger partial charge in [0, 0.05) is 42.7 Å². The van der Waals surface area contributed by atoms with Crippen LogP contribution in [-0.2, 0) is 11.3 Å². The zero-order chi connectivity index (χ0) is 15.6. The lowest BCUT2D eigenvalue weighted by Gasteiger charge is -2.23. The van der Waals surface area contributed by atoms with Gasteiger partial charge in [0.1, 0.15) is 5.75 Å². The Hall–Kier alpha value is -1.26. The molecule has 1 aliphatic rings. The fourth-order valence-electron chi connectivity index (χ4n) is 2.23. The highest BCUT2D eigenvalue weighted by Gasteiger charge is 2.31. The highest BCUT2D eigenvalue weighted by Crippen LogP contribution is 2.29. The molecule has 1 fully saturated rings. The van der Waals surface area contributed by atoms with Crippen molar-refractivity contribution in [3.63, 3.8) is 0 Å². The smallest absolute Gasteiger partial charge is 0.263 e. The number of carbonyl (C=O) groups excluding carboxylic acids is 1. The number of hydrogen-bond donors (Lipinski definition) is 1. The van der Waals surface area contributed by atoms with E-state index in [1.165, 1.54) is 0 Å². The minimum atomic E-state index is -0.401. The summed E-state index contributed by atoms with van der Waals surface area (Å²) in [6.07, 6.45) is 0.315. The first kappa shape index (κ1) is 16.1. The first-order valence-corrected chi connectivity index (χ1v) is 7.60. The molecule has 0 saturated carbocycles. The third-order valence-corrected chi connectivity index (χ3v) is 3.87. The van der Waals surface area contributed by atoms with Gasteiger partial charge in [-0.3, -0.25) is 4.79 Å². The molecule has 1 N–H and O–H groups in total. The van der Waals surface area contributed by atoms with Crippen molar-refractivity contribution in [2.75, 3.05) is 13.6 Å².